The van der Waals surface area contributed by atoms with Crippen LogP contribution in [-0.4, -0.2) is 0 Å². The second-order valence-corrected chi connectivity index (χ2v) is 6.15. The lowest BCUT2D eigenvalue weighted by atomic mass is 10.1. The van der Waals surface area contributed by atoms with Crippen molar-refractivity contribution >= 4 is 11.4 Å². The Balaban J connectivity index is 2.06. The number of aryl methyl sites for hydroxylation is 2. The van der Waals surface area contributed by atoms with Crippen LogP contribution in [0.25, 0.3) is 0 Å². The van der Waals surface area contributed by atoms with E-state index in [0.717, 1.165) is 6.42 Å². The zero-order valence-electron chi connectivity index (χ0n) is 14.1. The molecule has 23 heavy (non-hydrogen) atoms. The normalized spacial score (nSPS) is 14.0. The number of hydrogen-bond donors (Lipinski definition) is 0. The molecular weight excluding hydrogens is 278 g/mol. The molecule has 2 aromatic carbocycles. The molecule has 0 bridgehead atoms. The van der Waals surface area contributed by atoms with Crippen LogP contribution in [0.15, 0.2) is 84.1 Å². The molecule has 0 aromatic heterocycles. The molecular formula is C22H23N. The molecule has 0 fully saturated rings. The molecule has 3 rings (SSSR count). The van der Waals surface area contributed by atoms with Crippen molar-refractivity contribution in [2.45, 2.75) is 27.2 Å². The Morgan fingerprint density at radius 2 is 1.17 bits per heavy atom. The Morgan fingerprint density at radius 3 is 1.70 bits per heavy atom. The minimum Gasteiger partial charge on any atom is -0.311 e. The van der Waals surface area contributed by atoms with Crippen LogP contribution in [0.3, 0.4) is 0 Å². The lowest BCUT2D eigenvalue weighted by Crippen LogP contribution is -2.15. The molecule has 0 radical (unpaired) electrons. The second-order valence-electron chi connectivity index (χ2n) is 6.15. The largest absolute Gasteiger partial charge is 0.311 e. The van der Waals surface area contributed by atoms with Crippen LogP contribution in [0.4, 0.5) is 11.4 Å². The van der Waals surface area contributed by atoms with E-state index < -0.39 is 0 Å². The van der Waals surface area contributed by atoms with Crippen LogP contribution < -0.4 is 4.90 Å². The van der Waals surface area contributed by atoms with Crippen molar-refractivity contribution in [3.63, 3.8) is 0 Å². The molecule has 1 heteroatoms. The molecule has 0 saturated carbocycles. The minimum absolute atomic E-state index is 0.961. The molecule has 1 aliphatic carbocycles. The van der Waals surface area contributed by atoms with Crippen molar-refractivity contribution in [1.82, 2.24) is 0 Å². The van der Waals surface area contributed by atoms with Crippen LogP contribution in [0.5, 0.6) is 0 Å². The van der Waals surface area contributed by atoms with Crippen LogP contribution in [-0.2, 0) is 0 Å². The predicted molar refractivity (Wildman–Crippen MR) is 100 cm³/mol. The Bertz CT molecular complexity index is 713. The lowest BCUT2D eigenvalue weighted by Gasteiger charge is -2.26. The van der Waals surface area contributed by atoms with E-state index >= 15 is 0 Å². The number of nitrogens with zero attached hydrogens (tertiary/aromatic N) is 1. The molecule has 0 atom stereocenters. The highest BCUT2D eigenvalue weighted by Crippen LogP contribution is 2.32. The van der Waals surface area contributed by atoms with Gasteiger partial charge in [-0.2, -0.15) is 0 Å². The van der Waals surface area contributed by atoms with E-state index in [1.165, 1.54) is 33.8 Å². The maximum atomic E-state index is 2.32. The summed E-state index contributed by atoms with van der Waals surface area (Å²) in [6.07, 6.45) is 9.90. The van der Waals surface area contributed by atoms with Gasteiger partial charge in [-0.25, -0.2) is 0 Å². The van der Waals surface area contributed by atoms with Gasteiger partial charge in [-0.05, 0) is 57.5 Å². The number of anilines is 2. The highest BCUT2D eigenvalue weighted by molar-refractivity contribution is 5.70. The standard InChI is InChI=1S/C22H23N/c1-17-5-4-6-20(12-7-17)23(21-13-8-18(2)9-14-21)22-15-10-19(3)11-16-22/h5-16H,4H2,1-3H3. The monoisotopic (exact) mass is 301 g/mol. The molecule has 0 aliphatic heterocycles. The van der Waals surface area contributed by atoms with Gasteiger partial charge in [0.25, 0.3) is 0 Å². The van der Waals surface area contributed by atoms with Gasteiger partial charge in [0.05, 0.1) is 0 Å². The number of allylic oxidation sites excluding steroid dienone is 5. The first-order valence-corrected chi connectivity index (χ1v) is 8.12. The number of rotatable bonds is 3. The third kappa shape index (κ3) is 3.62. The van der Waals surface area contributed by atoms with Gasteiger partial charge in [0, 0.05) is 17.1 Å². The van der Waals surface area contributed by atoms with E-state index in [9.17, 15) is 0 Å². The number of hydrogen-bond acceptors (Lipinski definition) is 1. The fourth-order valence-corrected chi connectivity index (χ4v) is 2.72. The third-order valence-corrected chi connectivity index (χ3v) is 4.13. The highest BCUT2D eigenvalue weighted by atomic mass is 15.1. The molecule has 0 amide bonds. The van der Waals surface area contributed by atoms with Gasteiger partial charge in [-0.1, -0.05) is 59.2 Å². The third-order valence-electron chi connectivity index (χ3n) is 4.13. The van der Waals surface area contributed by atoms with Gasteiger partial charge >= 0.3 is 0 Å². The zero-order valence-corrected chi connectivity index (χ0v) is 14.1. The SMILES string of the molecule is CC1=CCC=C(N(c2ccc(C)cc2)c2ccc(C)cc2)C=C1. The van der Waals surface area contributed by atoms with Crippen molar-refractivity contribution in [3.8, 4) is 0 Å². The van der Waals surface area contributed by atoms with Crippen molar-refractivity contribution < 1.29 is 0 Å². The summed E-state index contributed by atoms with van der Waals surface area (Å²) in [6, 6.07) is 17.4. The molecule has 0 saturated heterocycles. The topological polar surface area (TPSA) is 3.24 Å². The molecule has 0 heterocycles. The molecule has 1 aliphatic rings. The van der Waals surface area contributed by atoms with Crippen molar-refractivity contribution in [1.29, 1.82) is 0 Å². The lowest BCUT2D eigenvalue weighted by molar-refractivity contribution is 1.18. The van der Waals surface area contributed by atoms with Gasteiger partial charge in [-0.3, -0.25) is 0 Å². The van der Waals surface area contributed by atoms with E-state index in [4.69, 9.17) is 0 Å². The summed E-state index contributed by atoms with van der Waals surface area (Å²) in [5, 5.41) is 0. The first-order chi connectivity index (χ1) is 11.1. The van der Waals surface area contributed by atoms with Crippen LogP contribution in [0.2, 0.25) is 0 Å². The zero-order chi connectivity index (χ0) is 16.2. The van der Waals surface area contributed by atoms with E-state index in [-0.39, 0.29) is 0 Å². The summed E-state index contributed by atoms with van der Waals surface area (Å²) in [7, 11) is 0. The Kier molecular flexibility index (Phi) is 4.47. The highest BCUT2D eigenvalue weighted by Gasteiger charge is 2.13. The summed E-state index contributed by atoms with van der Waals surface area (Å²) >= 11 is 0. The van der Waals surface area contributed by atoms with Gasteiger partial charge in [0.2, 0.25) is 0 Å². The van der Waals surface area contributed by atoms with E-state index in [1.54, 1.807) is 0 Å². The molecule has 1 nitrogen and oxygen atoms in total. The second kappa shape index (κ2) is 6.70. The minimum atomic E-state index is 0.961. The van der Waals surface area contributed by atoms with E-state index in [1.807, 2.05) is 0 Å². The summed E-state index contributed by atoms with van der Waals surface area (Å²) < 4.78 is 0. The molecule has 0 N–H and O–H groups in total. The average molecular weight is 301 g/mol. The Labute approximate surface area is 139 Å². The number of benzene rings is 2. The summed E-state index contributed by atoms with van der Waals surface area (Å²) in [6.45, 7) is 6.39. The van der Waals surface area contributed by atoms with Crippen LogP contribution >= 0.6 is 0 Å². The first kappa shape index (κ1) is 15.4. The Morgan fingerprint density at radius 1 is 0.652 bits per heavy atom. The maximum absolute atomic E-state index is 2.32. The molecule has 2 aromatic rings. The van der Waals surface area contributed by atoms with Crippen molar-refractivity contribution in [2.24, 2.45) is 0 Å². The van der Waals surface area contributed by atoms with Crippen molar-refractivity contribution in [2.75, 3.05) is 4.90 Å². The Hall–Kier alpha value is -2.54. The fraction of sp³-hybridized carbons (Fsp3) is 0.182. The quantitative estimate of drug-likeness (QED) is 0.649. The summed E-state index contributed by atoms with van der Waals surface area (Å²) in [5.41, 5.74) is 7.46. The summed E-state index contributed by atoms with van der Waals surface area (Å²) in [4.78, 5) is 2.32. The molecule has 0 spiro atoms. The van der Waals surface area contributed by atoms with E-state index in [2.05, 4.69) is 98.5 Å². The van der Waals surface area contributed by atoms with Crippen molar-refractivity contribution in [3.05, 3.63) is 95.2 Å². The molecule has 0 unspecified atom stereocenters. The van der Waals surface area contributed by atoms with E-state index in [0.29, 0.717) is 0 Å². The van der Waals surface area contributed by atoms with Gasteiger partial charge in [0.1, 0.15) is 0 Å². The first-order valence-electron chi connectivity index (χ1n) is 8.12. The van der Waals surface area contributed by atoms with Gasteiger partial charge < -0.3 is 4.90 Å². The van der Waals surface area contributed by atoms with Gasteiger partial charge in [-0.15, -0.1) is 0 Å². The smallest absolute Gasteiger partial charge is 0.0461 e. The predicted octanol–water partition coefficient (Wildman–Crippen LogP) is 6.23. The summed E-state index contributed by atoms with van der Waals surface area (Å²) in [5.74, 6) is 0. The van der Waals surface area contributed by atoms with Crippen LogP contribution in [0, 0.1) is 13.8 Å². The van der Waals surface area contributed by atoms with Crippen LogP contribution in [0.1, 0.15) is 24.5 Å². The fourth-order valence-electron chi connectivity index (χ4n) is 2.72. The average Bonchev–Trinajstić information content (AvgIpc) is 2.76. The molecule has 116 valence electrons. The maximum Gasteiger partial charge on any atom is 0.0461 e. The van der Waals surface area contributed by atoms with Gasteiger partial charge in [0.15, 0.2) is 0 Å².